The van der Waals surface area contributed by atoms with E-state index >= 15 is 13.6 Å². The maximum absolute atomic E-state index is 16.9. The van der Waals surface area contributed by atoms with Gasteiger partial charge in [0.1, 0.15) is 12.1 Å². The van der Waals surface area contributed by atoms with Gasteiger partial charge in [0.25, 0.3) is 11.8 Å². The highest BCUT2D eigenvalue weighted by Gasteiger charge is 2.59. The monoisotopic (exact) mass is 1130 g/mol. The molecule has 17 nitrogen and oxygen atoms in total. The number of thioether (sulfide) groups is 2. The van der Waals surface area contributed by atoms with E-state index in [0.29, 0.717) is 48.6 Å². The molecule has 416 valence electrons. The van der Waals surface area contributed by atoms with E-state index in [-0.39, 0.29) is 74.4 Å². The summed E-state index contributed by atoms with van der Waals surface area (Å²) in [6.07, 6.45) is 5.02. The van der Waals surface area contributed by atoms with Crippen LogP contribution in [0.15, 0.2) is 82.2 Å². The lowest BCUT2D eigenvalue weighted by atomic mass is 9.96. The number of carbonyl (C=O) groups excluding carboxylic acids is 6. The summed E-state index contributed by atoms with van der Waals surface area (Å²) in [5.74, 6) is -2.33. The van der Waals surface area contributed by atoms with E-state index in [9.17, 15) is 33.3 Å². The molecule has 0 bridgehead atoms. The molecule has 22 heteroatoms. The predicted octanol–water partition coefficient (Wildman–Crippen LogP) is 9.42. The summed E-state index contributed by atoms with van der Waals surface area (Å²) in [6, 6.07) is 13.9. The molecule has 3 aromatic carbocycles. The number of rotatable bonds is 15. The van der Waals surface area contributed by atoms with Crippen LogP contribution in [0.4, 0.5) is 8.78 Å². The number of nitrogens with zero attached hydrogens (tertiary/aromatic N) is 4. The van der Waals surface area contributed by atoms with Gasteiger partial charge in [0.2, 0.25) is 17.4 Å². The summed E-state index contributed by atoms with van der Waals surface area (Å²) < 4.78 is 64.4. The maximum atomic E-state index is 16.9. The molecule has 2 aromatic heterocycles. The van der Waals surface area contributed by atoms with E-state index in [4.69, 9.17) is 13.6 Å². The number of halogens is 2. The highest BCUT2D eigenvalue weighted by atomic mass is 32.2. The van der Waals surface area contributed by atoms with Crippen molar-refractivity contribution in [2.75, 3.05) is 44.4 Å². The van der Waals surface area contributed by atoms with Crippen molar-refractivity contribution in [2.45, 2.75) is 122 Å². The number of likely N-dealkylation sites (tertiary alicyclic amines) is 1. The standard InChI is InChI=1S/C56H65F2N6O11PS2/c1-33-8-15-44-41(26-33)46(61-75-44)50(69)62-21-17-40-13-14-43(49(68)63-31-38(30-55(63)18-19-55)35-16-20-59-45(65)29-35)64(40)48(67)42(32-62)60-47(66)36-10-9-34-11-12-39(28-37(34)27-36)56(57,58)76(72,73-22-24-77-51(70)53(2,3)4)74-23-25-78-52(71)54(5,6)7/h8-12,15-16,20,26-29,38,40,42-43H,13-14,17-19,21-25,30-32H2,1-7H3,(H,59,65)(H,60,66)/t38-,40-,42+,43+/m1/s1. The first kappa shape index (κ1) is 57.0. The van der Waals surface area contributed by atoms with Gasteiger partial charge in [-0.15, -0.1) is 0 Å². The second kappa shape index (κ2) is 22.1. The molecular formula is C56H65F2N6O11PS2. The summed E-state index contributed by atoms with van der Waals surface area (Å²) in [6.45, 7) is 11.3. The molecule has 5 aromatic rings. The van der Waals surface area contributed by atoms with Gasteiger partial charge in [-0.2, -0.15) is 8.78 Å². The number of nitrogens with one attached hydrogen (secondary N) is 2. The second-order valence-electron chi connectivity index (χ2n) is 22.9. The summed E-state index contributed by atoms with van der Waals surface area (Å²) in [4.78, 5) is 104. The fourth-order valence-corrected chi connectivity index (χ4v) is 13.9. The largest absolute Gasteiger partial charge is 0.404 e. The maximum Gasteiger partial charge on any atom is 0.404 e. The zero-order valence-corrected chi connectivity index (χ0v) is 47.3. The van der Waals surface area contributed by atoms with Crippen LogP contribution in [0.1, 0.15) is 124 Å². The molecule has 1 saturated carbocycles. The Morgan fingerprint density at radius 3 is 2.18 bits per heavy atom. The molecule has 2 N–H and O–H groups in total. The van der Waals surface area contributed by atoms with Gasteiger partial charge >= 0.3 is 13.3 Å². The Bertz CT molecular complexity index is 3260. The molecule has 5 heterocycles. The van der Waals surface area contributed by atoms with Gasteiger partial charge < -0.3 is 38.6 Å². The van der Waals surface area contributed by atoms with Crippen molar-refractivity contribution in [3.8, 4) is 0 Å². The molecule has 3 aliphatic heterocycles. The van der Waals surface area contributed by atoms with Crippen molar-refractivity contribution < 1.29 is 55.7 Å². The van der Waals surface area contributed by atoms with Crippen LogP contribution in [0.25, 0.3) is 21.7 Å². The summed E-state index contributed by atoms with van der Waals surface area (Å²) >= 11 is 1.71. The lowest BCUT2D eigenvalue weighted by Gasteiger charge is -2.40. The fraction of sp³-hybridized carbons (Fsp3) is 0.500. The first-order valence-electron chi connectivity index (χ1n) is 26.2. The lowest BCUT2D eigenvalue weighted by Crippen LogP contribution is -2.61. The van der Waals surface area contributed by atoms with E-state index in [2.05, 4.69) is 15.5 Å². The van der Waals surface area contributed by atoms with Crippen LogP contribution in [0, 0.1) is 17.8 Å². The van der Waals surface area contributed by atoms with Crippen molar-refractivity contribution in [3.05, 3.63) is 111 Å². The van der Waals surface area contributed by atoms with E-state index in [1.807, 2.05) is 24.0 Å². The minimum absolute atomic E-state index is 0.0328. The average molecular weight is 1130 g/mol. The normalized spacial score (nSPS) is 20.7. The van der Waals surface area contributed by atoms with Crippen LogP contribution in [0.3, 0.4) is 0 Å². The first-order valence-corrected chi connectivity index (χ1v) is 29.7. The highest BCUT2D eigenvalue weighted by molar-refractivity contribution is 8.14. The predicted molar refractivity (Wildman–Crippen MR) is 293 cm³/mol. The van der Waals surface area contributed by atoms with Crippen LogP contribution in [-0.4, -0.2) is 127 Å². The second-order valence-corrected chi connectivity index (χ2v) is 27.1. The summed E-state index contributed by atoms with van der Waals surface area (Å²) in [5, 5.41) is 7.58. The third kappa shape index (κ3) is 11.8. The Morgan fingerprint density at radius 2 is 1.53 bits per heavy atom. The quantitative estimate of drug-likeness (QED) is 0.0737. The molecule has 1 aliphatic carbocycles. The Kier molecular flexibility index (Phi) is 16.1. The molecule has 78 heavy (non-hydrogen) atoms. The molecule has 0 radical (unpaired) electrons. The number of aromatic amines is 1. The molecule has 4 aliphatic rings. The van der Waals surface area contributed by atoms with Crippen LogP contribution < -0.4 is 10.9 Å². The molecule has 1 spiro atoms. The Labute approximate surface area is 459 Å². The van der Waals surface area contributed by atoms with Crippen molar-refractivity contribution in [1.82, 2.24) is 30.2 Å². The highest BCUT2D eigenvalue weighted by Crippen LogP contribution is 2.67. The van der Waals surface area contributed by atoms with E-state index in [1.54, 1.807) is 70.8 Å². The third-order valence-electron chi connectivity index (χ3n) is 15.0. The Morgan fingerprint density at radius 1 is 0.846 bits per heavy atom. The molecule has 4 atom stereocenters. The molecule has 3 saturated heterocycles. The summed E-state index contributed by atoms with van der Waals surface area (Å²) in [7, 11) is -5.38. The van der Waals surface area contributed by atoms with Gasteiger partial charge in [-0.3, -0.25) is 38.1 Å². The first-order chi connectivity index (χ1) is 36.8. The number of pyridine rings is 1. The van der Waals surface area contributed by atoms with Gasteiger partial charge in [0, 0.05) is 76.3 Å². The van der Waals surface area contributed by atoms with Crippen LogP contribution in [-0.2, 0) is 38.5 Å². The molecule has 4 fully saturated rings. The Hall–Kier alpha value is -5.73. The van der Waals surface area contributed by atoms with E-state index in [1.165, 1.54) is 29.2 Å². The van der Waals surface area contributed by atoms with Crippen LogP contribution in [0.5, 0.6) is 0 Å². The van der Waals surface area contributed by atoms with Crippen LogP contribution >= 0.6 is 31.1 Å². The van der Waals surface area contributed by atoms with Gasteiger partial charge in [0.15, 0.2) is 21.5 Å². The van der Waals surface area contributed by atoms with Crippen molar-refractivity contribution in [1.29, 1.82) is 0 Å². The zero-order chi connectivity index (χ0) is 56.1. The smallest absolute Gasteiger partial charge is 0.355 e. The molecule has 9 rings (SSSR count). The summed E-state index contributed by atoms with van der Waals surface area (Å²) in [5.41, 5.74) is -4.99. The number of carbonyl (C=O) groups is 6. The van der Waals surface area contributed by atoms with Gasteiger partial charge in [-0.1, -0.05) is 100 Å². The zero-order valence-electron chi connectivity index (χ0n) is 44.7. The number of H-pyrrole nitrogens is 1. The number of amides is 4. The minimum Gasteiger partial charge on any atom is -0.355 e. The molecule has 0 unspecified atom stereocenters. The van der Waals surface area contributed by atoms with Gasteiger partial charge in [0.05, 0.1) is 25.1 Å². The Balaban J connectivity index is 0.988. The number of hydrogen-bond donors (Lipinski definition) is 2. The lowest BCUT2D eigenvalue weighted by molar-refractivity contribution is -0.148. The van der Waals surface area contributed by atoms with E-state index in [0.717, 1.165) is 59.6 Å². The number of fused-ring (bicyclic) bond motifs is 3. The number of alkyl halides is 2. The van der Waals surface area contributed by atoms with Crippen molar-refractivity contribution in [3.63, 3.8) is 0 Å². The third-order valence-corrected chi connectivity index (χ3v) is 19.5. The van der Waals surface area contributed by atoms with Gasteiger partial charge in [-0.25, -0.2) is 0 Å². The number of hydrogen-bond acceptors (Lipinski definition) is 14. The minimum atomic E-state index is -5.38. The SMILES string of the molecule is Cc1ccc2onc(C(=O)N3CC[C@H]4CC[C@@H](C(=O)N5C[C@H](c6cc[nH]c(=O)c6)CC56CC6)N4C(=O)[C@@H](NC(=O)c4ccc5ccc(C(F)(F)P(=O)(OCCSC(=O)C(C)(C)C)OCCSC(=O)C(C)(C)C)cc5c4)C3)c2c1. The topological polar surface area (TPSA) is 219 Å². The average Bonchev–Trinajstić information content (AvgIpc) is 3.67. The fourth-order valence-electron chi connectivity index (χ4n) is 10.6. The van der Waals surface area contributed by atoms with Crippen molar-refractivity contribution >= 4 is 86.7 Å². The number of aryl methyl sites for hydroxylation is 1. The van der Waals surface area contributed by atoms with Gasteiger partial charge in [-0.05, 0) is 98.2 Å². The molecular weight excluding hydrogens is 1070 g/mol. The number of aromatic nitrogens is 2. The molecule has 4 amide bonds. The van der Waals surface area contributed by atoms with Crippen LogP contribution in [0.2, 0.25) is 0 Å². The van der Waals surface area contributed by atoms with Crippen molar-refractivity contribution in [2.24, 2.45) is 10.8 Å². The van der Waals surface area contributed by atoms with E-state index < -0.39 is 78.7 Å². The number of benzene rings is 3.